The van der Waals surface area contributed by atoms with Crippen molar-refractivity contribution >= 4 is 46.0 Å². The van der Waals surface area contributed by atoms with Gasteiger partial charge in [0.1, 0.15) is 5.70 Å². The zero-order valence-electron chi connectivity index (χ0n) is 11.0. The number of aliphatic carboxylic acids is 4. The molecular formula is C8H10B3N3O8. The molecule has 0 amide bonds. The Labute approximate surface area is 125 Å². The molecule has 0 aromatic rings. The first kappa shape index (κ1) is 17.3. The molecule has 1 fully saturated rings. The van der Waals surface area contributed by atoms with Gasteiger partial charge in [-0.1, -0.05) is 0 Å². The van der Waals surface area contributed by atoms with Gasteiger partial charge in [0, 0.05) is 6.08 Å². The van der Waals surface area contributed by atoms with Crippen LogP contribution in [0.3, 0.4) is 0 Å². The van der Waals surface area contributed by atoms with Crippen molar-refractivity contribution in [1.29, 1.82) is 0 Å². The molecule has 1 rings (SSSR count). The second kappa shape index (κ2) is 7.33. The summed E-state index contributed by atoms with van der Waals surface area (Å²) in [5.74, 6) is -6.25. The van der Waals surface area contributed by atoms with Gasteiger partial charge in [0.05, 0.1) is 11.5 Å². The summed E-state index contributed by atoms with van der Waals surface area (Å²) in [5, 5.41) is 40.8. The summed E-state index contributed by atoms with van der Waals surface area (Å²) < 4.78 is 0.892. The van der Waals surface area contributed by atoms with Gasteiger partial charge in [-0.25, -0.2) is 19.2 Å². The highest BCUT2D eigenvalue weighted by molar-refractivity contribution is 6.82. The molecule has 114 valence electrons. The van der Waals surface area contributed by atoms with Crippen molar-refractivity contribution in [3.05, 3.63) is 23.3 Å². The van der Waals surface area contributed by atoms with Crippen LogP contribution in [0.4, 0.5) is 0 Å². The van der Waals surface area contributed by atoms with Gasteiger partial charge in [0.25, 0.3) is 15.1 Å². The second-order valence-electron chi connectivity index (χ2n) is 4.08. The van der Waals surface area contributed by atoms with Crippen molar-refractivity contribution < 1.29 is 39.6 Å². The highest BCUT2D eigenvalue weighted by Crippen LogP contribution is 2.12. The Morgan fingerprint density at radius 1 is 0.955 bits per heavy atom. The largest absolute Gasteiger partial charge is 0.478 e. The molecule has 1 aliphatic rings. The number of hydrogen-bond donors (Lipinski definition) is 6. The maximum atomic E-state index is 11.2. The van der Waals surface area contributed by atoms with E-state index in [1.807, 2.05) is 0 Å². The van der Waals surface area contributed by atoms with E-state index < -0.39 is 42.0 Å². The van der Waals surface area contributed by atoms with E-state index in [9.17, 15) is 19.2 Å². The molecule has 6 N–H and O–H groups in total. The zero-order chi connectivity index (χ0) is 16.9. The summed E-state index contributed by atoms with van der Waals surface area (Å²) >= 11 is 0. The van der Waals surface area contributed by atoms with E-state index in [1.54, 1.807) is 0 Å². The Kier molecular flexibility index (Phi) is 5.77. The minimum absolute atomic E-state index is 0.0748. The van der Waals surface area contributed by atoms with E-state index in [4.69, 9.17) is 20.4 Å². The average Bonchev–Trinajstić information content (AvgIpc) is 2.41. The van der Waals surface area contributed by atoms with Gasteiger partial charge < -0.3 is 35.4 Å². The van der Waals surface area contributed by atoms with Crippen molar-refractivity contribution in [2.24, 2.45) is 0 Å². The third kappa shape index (κ3) is 4.39. The molecule has 22 heavy (non-hydrogen) atoms. The molecule has 0 aromatic carbocycles. The number of rotatable bonds is 6. The standard InChI is InChI=1S/C8H10B3N3O8/c15-5(16)1-3(7(19)20)11-13-9-12-10-14(11)4(8(21)22)2-6(17)18/h1-2,9-10,12-13H,(H,15,16)(H,17,18)(H,19,20)(H,21,22)/b3-1+,4-2+. The fourth-order valence-electron chi connectivity index (χ4n) is 1.82. The van der Waals surface area contributed by atoms with Crippen molar-refractivity contribution in [3.8, 4) is 0 Å². The summed E-state index contributed by atoms with van der Waals surface area (Å²) in [5.41, 5.74) is -1.33. The molecule has 14 heteroatoms. The summed E-state index contributed by atoms with van der Waals surface area (Å²) in [6.07, 6.45) is 0.808. The SMILES string of the molecule is O=C(O)/C=C(/B1NBNBN1/C(=C/C(=O)O)C(=O)O)C(=O)O. The normalized spacial score (nSPS) is 15.6. The summed E-state index contributed by atoms with van der Waals surface area (Å²) in [6.45, 7) is -1.32. The molecule has 11 nitrogen and oxygen atoms in total. The summed E-state index contributed by atoms with van der Waals surface area (Å²) in [7, 11) is -0.112. The topological polar surface area (TPSA) is 176 Å². The minimum Gasteiger partial charge on any atom is -0.478 e. The molecule has 0 spiro atoms. The van der Waals surface area contributed by atoms with Crippen LogP contribution in [0.25, 0.3) is 0 Å². The van der Waals surface area contributed by atoms with Gasteiger partial charge in [0.15, 0.2) is 0 Å². The molecule has 0 aliphatic carbocycles. The quantitative estimate of drug-likeness (QED) is 0.209. The molecule has 0 radical (unpaired) electrons. The molecule has 0 bridgehead atoms. The van der Waals surface area contributed by atoms with Crippen LogP contribution < -0.4 is 10.3 Å². The molecular weight excluding hydrogens is 299 g/mol. The lowest BCUT2D eigenvalue weighted by atomic mass is 9.56. The van der Waals surface area contributed by atoms with Crippen molar-refractivity contribution in [3.63, 3.8) is 0 Å². The minimum atomic E-state index is -1.60. The van der Waals surface area contributed by atoms with Gasteiger partial charge in [-0.2, -0.15) is 0 Å². The number of carboxylic acids is 4. The molecule has 0 saturated carbocycles. The van der Waals surface area contributed by atoms with E-state index in [2.05, 4.69) is 10.3 Å². The smallest absolute Gasteiger partial charge is 0.361 e. The lowest BCUT2D eigenvalue weighted by Gasteiger charge is -2.35. The van der Waals surface area contributed by atoms with Crippen LogP contribution in [0.15, 0.2) is 23.3 Å². The molecule has 1 saturated heterocycles. The first-order chi connectivity index (χ1) is 10.2. The zero-order valence-corrected chi connectivity index (χ0v) is 11.0. The van der Waals surface area contributed by atoms with Crippen LogP contribution in [-0.2, 0) is 19.2 Å². The molecule has 0 atom stereocenters. The van der Waals surface area contributed by atoms with Crippen molar-refractivity contribution in [2.45, 2.75) is 0 Å². The average molecular weight is 309 g/mol. The lowest BCUT2D eigenvalue weighted by Crippen LogP contribution is -2.67. The van der Waals surface area contributed by atoms with Crippen LogP contribution >= 0.6 is 0 Å². The maximum Gasteiger partial charge on any atom is 0.361 e. The van der Waals surface area contributed by atoms with Gasteiger partial charge in [-0.15, -0.1) is 0 Å². The Balaban J connectivity index is 3.30. The number of nitrogens with one attached hydrogen (secondary N) is 2. The van der Waals surface area contributed by atoms with E-state index in [0.29, 0.717) is 12.2 Å². The fourth-order valence-corrected chi connectivity index (χ4v) is 1.82. The number of hydrogen-bond acceptors (Lipinski definition) is 7. The number of carbonyl (C=O) groups is 4. The van der Waals surface area contributed by atoms with E-state index in [-0.39, 0.29) is 15.1 Å². The Morgan fingerprint density at radius 2 is 1.55 bits per heavy atom. The summed E-state index contributed by atoms with van der Waals surface area (Å²) in [4.78, 5) is 43.8. The number of carboxylic acid groups (broad SMARTS) is 4. The van der Waals surface area contributed by atoms with E-state index in [1.165, 1.54) is 0 Å². The maximum absolute atomic E-state index is 11.2. The number of nitrogens with zero attached hydrogens (tertiary/aromatic N) is 1. The predicted octanol–water partition coefficient (Wildman–Crippen LogP) is -3.81. The van der Waals surface area contributed by atoms with Gasteiger partial charge in [-0.3, -0.25) is 0 Å². The molecule has 0 aromatic heterocycles. The monoisotopic (exact) mass is 309 g/mol. The highest BCUT2D eigenvalue weighted by atomic mass is 16.4. The predicted molar refractivity (Wildman–Crippen MR) is 74.9 cm³/mol. The van der Waals surface area contributed by atoms with Crippen LogP contribution in [0.2, 0.25) is 0 Å². The first-order valence-electron chi connectivity index (χ1n) is 5.80. The molecule has 1 heterocycles. The van der Waals surface area contributed by atoms with Crippen LogP contribution in [0.1, 0.15) is 0 Å². The summed E-state index contributed by atoms with van der Waals surface area (Å²) in [6, 6.07) is 0. The Morgan fingerprint density at radius 3 is 2.00 bits per heavy atom. The van der Waals surface area contributed by atoms with E-state index >= 15 is 0 Å². The highest BCUT2D eigenvalue weighted by Gasteiger charge is 2.38. The van der Waals surface area contributed by atoms with Gasteiger partial charge in [-0.05, 0) is 0 Å². The van der Waals surface area contributed by atoms with Crippen LogP contribution in [0.5, 0.6) is 0 Å². The van der Waals surface area contributed by atoms with Crippen LogP contribution in [-0.4, -0.2) is 71.1 Å². The van der Waals surface area contributed by atoms with Gasteiger partial charge in [0.2, 0.25) is 0 Å². The molecule has 0 unspecified atom stereocenters. The second-order valence-corrected chi connectivity index (χ2v) is 4.08. The fraction of sp³-hybridized carbons (Fsp3) is 0. The molecule has 1 aliphatic heterocycles. The van der Waals surface area contributed by atoms with Crippen molar-refractivity contribution in [1.82, 2.24) is 15.0 Å². The third-order valence-electron chi connectivity index (χ3n) is 2.62. The lowest BCUT2D eigenvalue weighted by molar-refractivity contribution is -0.135. The first-order valence-corrected chi connectivity index (χ1v) is 5.80. The third-order valence-corrected chi connectivity index (χ3v) is 2.62. The van der Waals surface area contributed by atoms with Crippen LogP contribution in [0, 0.1) is 0 Å². The Bertz CT molecular complexity index is 527. The van der Waals surface area contributed by atoms with Crippen molar-refractivity contribution in [2.75, 3.05) is 0 Å². The Hall–Kier alpha value is -2.73. The van der Waals surface area contributed by atoms with E-state index in [0.717, 1.165) is 4.72 Å². The van der Waals surface area contributed by atoms with Gasteiger partial charge >= 0.3 is 30.9 Å².